The van der Waals surface area contributed by atoms with Gasteiger partial charge >= 0.3 is 0 Å². The van der Waals surface area contributed by atoms with Gasteiger partial charge in [-0.1, -0.05) is 0 Å². The normalized spacial score (nSPS) is 25.5. The molecule has 0 unspecified atom stereocenters. The summed E-state index contributed by atoms with van der Waals surface area (Å²) in [7, 11) is 0. The minimum Gasteiger partial charge on any atom is -0.391 e. The lowest BCUT2D eigenvalue weighted by molar-refractivity contribution is 0.639. The monoisotopic (exact) mass is 152 g/mol. The maximum Gasteiger partial charge on any atom is 0.0141 e. The minimum absolute atomic E-state index is 1.10. The molecule has 0 amide bonds. The largest absolute Gasteiger partial charge is 0.391 e. The molecule has 0 aromatic heterocycles. The van der Waals surface area contributed by atoms with Crippen LogP contribution in [0.3, 0.4) is 0 Å². The predicted molar refractivity (Wildman–Crippen MR) is 48.1 cm³/mol. The number of nitrogens with one attached hydrogen (secondary N) is 2. The summed E-state index contributed by atoms with van der Waals surface area (Å²) in [6.45, 7) is 2.20. The van der Waals surface area contributed by atoms with E-state index >= 15 is 0 Å². The predicted octanol–water partition coefficient (Wildman–Crippen LogP) is 1.38. The second kappa shape index (κ2) is 5.83. The summed E-state index contributed by atoms with van der Waals surface area (Å²) in [5.74, 6) is 0. The molecule has 0 spiro atoms. The van der Waals surface area contributed by atoms with Crippen molar-refractivity contribution in [2.45, 2.75) is 19.3 Å². The minimum atomic E-state index is 1.10. The Morgan fingerprint density at radius 2 is 1.27 bits per heavy atom. The Bertz CT molecular complexity index is 122. The standard InChI is InChI=1S/C9H16N2/c1-2-6-10-8-4-5-9-11-7-3-1/h4-5,8-11H,1-3,6-7H2/b8-4-,9-5-. The Balaban J connectivity index is 2.22. The molecule has 2 nitrogen and oxygen atoms in total. The van der Waals surface area contributed by atoms with Crippen molar-refractivity contribution in [2.24, 2.45) is 0 Å². The molecule has 2 heteroatoms. The number of hydrogen-bond donors (Lipinski definition) is 2. The fourth-order valence-electron chi connectivity index (χ4n) is 1.04. The quantitative estimate of drug-likeness (QED) is 0.548. The summed E-state index contributed by atoms with van der Waals surface area (Å²) >= 11 is 0. The first-order chi connectivity index (χ1) is 5.50. The summed E-state index contributed by atoms with van der Waals surface area (Å²) in [6, 6.07) is 0. The molecule has 0 radical (unpaired) electrons. The van der Waals surface area contributed by atoms with Crippen molar-refractivity contribution in [1.29, 1.82) is 0 Å². The summed E-state index contributed by atoms with van der Waals surface area (Å²) in [4.78, 5) is 0. The van der Waals surface area contributed by atoms with Gasteiger partial charge in [-0.05, 0) is 43.8 Å². The molecule has 0 bridgehead atoms. The van der Waals surface area contributed by atoms with Gasteiger partial charge in [0, 0.05) is 13.1 Å². The van der Waals surface area contributed by atoms with Gasteiger partial charge in [0.1, 0.15) is 0 Å². The zero-order valence-corrected chi connectivity index (χ0v) is 6.84. The van der Waals surface area contributed by atoms with Crippen molar-refractivity contribution in [3.05, 3.63) is 24.6 Å². The van der Waals surface area contributed by atoms with Crippen LogP contribution >= 0.6 is 0 Å². The molecule has 11 heavy (non-hydrogen) atoms. The van der Waals surface area contributed by atoms with E-state index in [0.29, 0.717) is 0 Å². The highest BCUT2D eigenvalue weighted by atomic mass is 14.8. The van der Waals surface area contributed by atoms with Crippen LogP contribution in [0.2, 0.25) is 0 Å². The van der Waals surface area contributed by atoms with Crippen LogP contribution in [0, 0.1) is 0 Å². The lowest BCUT2D eigenvalue weighted by Crippen LogP contribution is -2.08. The third-order valence-corrected chi connectivity index (χ3v) is 1.68. The Labute approximate surface area is 68.4 Å². The first-order valence-corrected chi connectivity index (χ1v) is 4.28. The molecule has 0 saturated carbocycles. The molecule has 1 aliphatic heterocycles. The molecular formula is C9H16N2. The van der Waals surface area contributed by atoms with Gasteiger partial charge in [-0.15, -0.1) is 0 Å². The van der Waals surface area contributed by atoms with E-state index in [-0.39, 0.29) is 0 Å². The van der Waals surface area contributed by atoms with Crippen molar-refractivity contribution in [1.82, 2.24) is 10.6 Å². The van der Waals surface area contributed by atoms with E-state index in [9.17, 15) is 0 Å². The average molecular weight is 152 g/mol. The Hall–Kier alpha value is -0.920. The molecule has 1 rings (SSSR count). The Kier molecular flexibility index (Phi) is 4.34. The molecule has 62 valence electrons. The molecule has 1 heterocycles. The molecule has 0 fully saturated rings. The van der Waals surface area contributed by atoms with E-state index in [1.807, 2.05) is 24.6 Å². The van der Waals surface area contributed by atoms with Crippen LogP contribution in [0.1, 0.15) is 19.3 Å². The molecule has 0 atom stereocenters. The first kappa shape index (κ1) is 8.18. The van der Waals surface area contributed by atoms with Gasteiger partial charge in [-0.25, -0.2) is 0 Å². The highest BCUT2D eigenvalue weighted by Gasteiger charge is 1.87. The smallest absolute Gasteiger partial charge is 0.0141 e. The first-order valence-electron chi connectivity index (χ1n) is 4.28. The number of allylic oxidation sites excluding steroid dienone is 2. The van der Waals surface area contributed by atoms with Crippen LogP contribution in [-0.2, 0) is 0 Å². The van der Waals surface area contributed by atoms with Crippen LogP contribution in [0.25, 0.3) is 0 Å². The van der Waals surface area contributed by atoms with Crippen molar-refractivity contribution < 1.29 is 0 Å². The van der Waals surface area contributed by atoms with Crippen molar-refractivity contribution in [2.75, 3.05) is 13.1 Å². The number of hydrogen-bond acceptors (Lipinski definition) is 2. The second-order valence-electron chi connectivity index (χ2n) is 2.69. The zero-order valence-electron chi connectivity index (χ0n) is 6.84. The van der Waals surface area contributed by atoms with Gasteiger partial charge in [-0.3, -0.25) is 0 Å². The van der Waals surface area contributed by atoms with E-state index in [1.54, 1.807) is 0 Å². The fourth-order valence-corrected chi connectivity index (χ4v) is 1.04. The van der Waals surface area contributed by atoms with Gasteiger partial charge in [-0.2, -0.15) is 0 Å². The molecule has 1 aliphatic rings. The summed E-state index contributed by atoms with van der Waals surface area (Å²) in [5, 5.41) is 6.45. The Morgan fingerprint density at radius 3 is 1.82 bits per heavy atom. The van der Waals surface area contributed by atoms with Crippen LogP contribution in [0.4, 0.5) is 0 Å². The van der Waals surface area contributed by atoms with Gasteiger partial charge in [0.2, 0.25) is 0 Å². The van der Waals surface area contributed by atoms with E-state index in [4.69, 9.17) is 0 Å². The molecule has 0 aromatic carbocycles. The average Bonchev–Trinajstić information content (AvgIpc) is 2.08. The summed E-state index contributed by atoms with van der Waals surface area (Å²) in [6.07, 6.45) is 11.9. The topological polar surface area (TPSA) is 24.1 Å². The van der Waals surface area contributed by atoms with E-state index in [2.05, 4.69) is 10.6 Å². The highest BCUT2D eigenvalue weighted by Crippen LogP contribution is 1.92. The zero-order chi connectivity index (χ0) is 7.78. The lowest BCUT2D eigenvalue weighted by atomic mass is 10.2. The summed E-state index contributed by atoms with van der Waals surface area (Å²) < 4.78 is 0. The molecule has 0 aliphatic carbocycles. The van der Waals surface area contributed by atoms with Crippen molar-refractivity contribution in [3.8, 4) is 0 Å². The van der Waals surface area contributed by atoms with Crippen LogP contribution in [-0.4, -0.2) is 13.1 Å². The molecule has 0 aromatic rings. The van der Waals surface area contributed by atoms with Crippen molar-refractivity contribution in [3.63, 3.8) is 0 Å². The lowest BCUT2D eigenvalue weighted by Gasteiger charge is -2.00. The van der Waals surface area contributed by atoms with Gasteiger partial charge in [0.05, 0.1) is 0 Å². The molecule has 2 N–H and O–H groups in total. The van der Waals surface area contributed by atoms with Crippen LogP contribution in [0.15, 0.2) is 24.6 Å². The van der Waals surface area contributed by atoms with E-state index in [0.717, 1.165) is 13.1 Å². The van der Waals surface area contributed by atoms with Crippen LogP contribution in [0.5, 0.6) is 0 Å². The third kappa shape index (κ3) is 4.48. The van der Waals surface area contributed by atoms with E-state index < -0.39 is 0 Å². The molecule has 0 saturated heterocycles. The maximum atomic E-state index is 3.22. The third-order valence-electron chi connectivity index (χ3n) is 1.68. The SMILES string of the molecule is C1=C\NCCCCCN\C=C/1. The fraction of sp³-hybridized carbons (Fsp3) is 0.556. The number of rotatable bonds is 0. The van der Waals surface area contributed by atoms with Gasteiger partial charge < -0.3 is 10.6 Å². The van der Waals surface area contributed by atoms with E-state index in [1.165, 1.54) is 19.3 Å². The summed E-state index contributed by atoms with van der Waals surface area (Å²) in [5.41, 5.74) is 0. The van der Waals surface area contributed by atoms with Gasteiger partial charge in [0.15, 0.2) is 0 Å². The maximum absolute atomic E-state index is 3.22. The second-order valence-corrected chi connectivity index (χ2v) is 2.69. The van der Waals surface area contributed by atoms with Crippen molar-refractivity contribution >= 4 is 0 Å². The van der Waals surface area contributed by atoms with Crippen LogP contribution < -0.4 is 10.6 Å². The Morgan fingerprint density at radius 1 is 0.727 bits per heavy atom. The molecular weight excluding hydrogens is 136 g/mol. The highest BCUT2D eigenvalue weighted by molar-refractivity contribution is 5.00. The van der Waals surface area contributed by atoms with Gasteiger partial charge in [0.25, 0.3) is 0 Å².